The Morgan fingerprint density at radius 2 is 1.77 bits per heavy atom. The molecule has 0 radical (unpaired) electrons. The molecule has 4 heteroatoms. The lowest BCUT2D eigenvalue weighted by Crippen LogP contribution is -2.20. The third-order valence-electron chi connectivity index (χ3n) is 5.77. The van der Waals surface area contributed by atoms with Crippen LogP contribution in [0.2, 0.25) is 0 Å². The minimum Gasteiger partial charge on any atom is -0.492 e. The Bertz CT molecular complexity index is 938. The molecule has 1 aliphatic rings. The Kier molecular flexibility index (Phi) is 6.53. The molecule has 0 unspecified atom stereocenters. The summed E-state index contributed by atoms with van der Waals surface area (Å²) in [4.78, 5) is 6.60. The van der Waals surface area contributed by atoms with E-state index >= 15 is 0 Å². The Balaban J connectivity index is 1.82. The number of aromatic nitrogens is 1. The number of pyridine rings is 1. The number of anilines is 2. The average molecular weight is 403 g/mol. The van der Waals surface area contributed by atoms with Crippen LogP contribution >= 0.6 is 0 Å². The van der Waals surface area contributed by atoms with Gasteiger partial charge in [-0.05, 0) is 67.5 Å². The van der Waals surface area contributed by atoms with Gasteiger partial charge in [0.05, 0.1) is 18.9 Å². The van der Waals surface area contributed by atoms with Gasteiger partial charge >= 0.3 is 0 Å². The maximum absolute atomic E-state index is 6.63. The highest BCUT2D eigenvalue weighted by Gasteiger charge is 2.25. The average Bonchev–Trinajstić information content (AvgIpc) is 3.32. The van der Waals surface area contributed by atoms with Crippen LogP contribution in [-0.4, -0.2) is 18.2 Å². The van der Waals surface area contributed by atoms with Crippen molar-refractivity contribution >= 4 is 11.4 Å². The molecule has 0 amide bonds. The molecular weight excluding hydrogens is 372 g/mol. The molecule has 2 aromatic carbocycles. The zero-order chi connectivity index (χ0) is 20.8. The predicted molar refractivity (Wildman–Crippen MR) is 122 cm³/mol. The van der Waals surface area contributed by atoms with Gasteiger partial charge in [-0.25, -0.2) is 0 Å². The molecule has 0 spiro atoms. The topological polar surface area (TPSA) is 34.6 Å². The molecule has 1 heterocycles. The molecule has 156 valence electrons. The van der Waals surface area contributed by atoms with Crippen molar-refractivity contribution in [1.82, 2.24) is 4.98 Å². The van der Waals surface area contributed by atoms with Crippen LogP contribution in [0.4, 0.5) is 11.4 Å². The van der Waals surface area contributed by atoms with Crippen molar-refractivity contribution in [2.24, 2.45) is 0 Å². The summed E-state index contributed by atoms with van der Waals surface area (Å²) < 4.78 is 12.5. The van der Waals surface area contributed by atoms with Crippen molar-refractivity contribution in [3.8, 4) is 11.5 Å². The third kappa shape index (κ3) is 4.43. The lowest BCUT2D eigenvalue weighted by Gasteiger charge is -2.30. The van der Waals surface area contributed by atoms with Crippen molar-refractivity contribution in [2.45, 2.75) is 51.7 Å². The number of hydrogen-bond donors (Lipinski definition) is 0. The highest BCUT2D eigenvalue weighted by atomic mass is 16.5. The standard InChI is InChI=1S/C26H30N2O2/c1-3-21-15-16-24(26(25(21)29-2)30-23-13-7-8-14-23)28(22-11-5-4-6-12-22)19-20-10-9-17-27-18-20/h4-6,9-12,15-18,23H,3,7-8,13-14,19H2,1-2H3. The van der Waals surface area contributed by atoms with Gasteiger partial charge in [-0.1, -0.05) is 37.3 Å². The molecule has 0 bridgehead atoms. The summed E-state index contributed by atoms with van der Waals surface area (Å²) in [7, 11) is 1.74. The van der Waals surface area contributed by atoms with E-state index < -0.39 is 0 Å². The summed E-state index contributed by atoms with van der Waals surface area (Å²) in [6.07, 6.45) is 9.55. The van der Waals surface area contributed by atoms with Crippen LogP contribution in [-0.2, 0) is 13.0 Å². The first kappa shape index (κ1) is 20.3. The normalized spacial score (nSPS) is 13.9. The van der Waals surface area contributed by atoms with E-state index in [2.05, 4.69) is 59.3 Å². The van der Waals surface area contributed by atoms with Gasteiger partial charge in [0.15, 0.2) is 11.5 Å². The van der Waals surface area contributed by atoms with E-state index in [4.69, 9.17) is 9.47 Å². The van der Waals surface area contributed by atoms with Crippen LogP contribution in [0.5, 0.6) is 11.5 Å². The van der Waals surface area contributed by atoms with Crippen molar-refractivity contribution in [2.75, 3.05) is 12.0 Å². The molecule has 3 aromatic rings. The van der Waals surface area contributed by atoms with Gasteiger partial charge in [-0.15, -0.1) is 0 Å². The van der Waals surface area contributed by atoms with Crippen molar-refractivity contribution in [1.29, 1.82) is 0 Å². The second-order valence-electron chi connectivity index (χ2n) is 7.77. The SMILES string of the molecule is CCc1ccc(N(Cc2cccnc2)c2ccccc2)c(OC2CCCC2)c1OC. The fraction of sp³-hybridized carbons (Fsp3) is 0.346. The van der Waals surface area contributed by atoms with E-state index in [-0.39, 0.29) is 6.10 Å². The van der Waals surface area contributed by atoms with Gasteiger partial charge in [0.25, 0.3) is 0 Å². The number of nitrogens with zero attached hydrogens (tertiary/aromatic N) is 2. The zero-order valence-corrected chi connectivity index (χ0v) is 17.9. The number of methoxy groups -OCH3 is 1. The fourth-order valence-electron chi connectivity index (χ4n) is 4.19. The van der Waals surface area contributed by atoms with E-state index in [1.165, 1.54) is 18.4 Å². The quantitative estimate of drug-likeness (QED) is 0.442. The first-order chi connectivity index (χ1) is 14.8. The van der Waals surface area contributed by atoms with Crippen LogP contribution < -0.4 is 14.4 Å². The Hall–Kier alpha value is -3.01. The Morgan fingerprint density at radius 1 is 0.967 bits per heavy atom. The summed E-state index contributed by atoms with van der Waals surface area (Å²) in [5, 5.41) is 0. The third-order valence-corrected chi connectivity index (χ3v) is 5.77. The minimum atomic E-state index is 0.251. The largest absolute Gasteiger partial charge is 0.492 e. The van der Waals surface area contributed by atoms with E-state index in [1.54, 1.807) is 7.11 Å². The maximum atomic E-state index is 6.63. The maximum Gasteiger partial charge on any atom is 0.185 e. The zero-order valence-electron chi connectivity index (χ0n) is 17.9. The molecule has 1 aromatic heterocycles. The number of hydrogen-bond acceptors (Lipinski definition) is 4. The van der Waals surface area contributed by atoms with Gasteiger partial charge in [-0.2, -0.15) is 0 Å². The first-order valence-corrected chi connectivity index (χ1v) is 10.9. The molecule has 1 fully saturated rings. The number of aryl methyl sites for hydroxylation is 1. The predicted octanol–water partition coefficient (Wildman–Crippen LogP) is 6.31. The number of para-hydroxylation sites is 1. The number of benzene rings is 2. The summed E-state index contributed by atoms with van der Waals surface area (Å²) in [5.74, 6) is 1.71. The van der Waals surface area contributed by atoms with E-state index in [9.17, 15) is 0 Å². The Morgan fingerprint density at radius 3 is 2.43 bits per heavy atom. The Labute approximate surface area is 179 Å². The summed E-state index contributed by atoms with van der Waals surface area (Å²) in [6, 6.07) is 18.9. The van der Waals surface area contributed by atoms with Gasteiger partial charge in [-0.3, -0.25) is 4.98 Å². The molecule has 0 aliphatic heterocycles. The molecule has 1 aliphatic carbocycles. The van der Waals surface area contributed by atoms with Gasteiger partial charge in [0.2, 0.25) is 0 Å². The van der Waals surface area contributed by atoms with Crippen LogP contribution in [0.15, 0.2) is 67.0 Å². The monoisotopic (exact) mass is 402 g/mol. The molecule has 4 nitrogen and oxygen atoms in total. The van der Waals surface area contributed by atoms with Crippen LogP contribution in [0.1, 0.15) is 43.7 Å². The highest BCUT2D eigenvalue weighted by molar-refractivity contribution is 5.74. The second kappa shape index (κ2) is 9.66. The molecule has 0 N–H and O–H groups in total. The molecule has 0 atom stereocenters. The molecule has 4 rings (SSSR count). The van der Waals surface area contributed by atoms with Crippen LogP contribution in [0, 0.1) is 0 Å². The van der Waals surface area contributed by atoms with Gasteiger partial charge in [0, 0.05) is 24.6 Å². The second-order valence-corrected chi connectivity index (χ2v) is 7.77. The summed E-state index contributed by atoms with van der Waals surface area (Å²) in [6.45, 7) is 2.86. The van der Waals surface area contributed by atoms with Crippen molar-refractivity contribution in [3.05, 3.63) is 78.1 Å². The van der Waals surface area contributed by atoms with Crippen LogP contribution in [0.25, 0.3) is 0 Å². The van der Waals surface area contributed by atoms with Crippen molar-refractivity contribution in [3.63, 3.8) is 0 Å². The molecule has 30 heavy (non-hydrogen) atoms. The molecular formula is C26H30N2O2. The fourth-order valence-corrected chi connectivity index (χ4v) is 4.19. The van der Waals surface area contributed by atoms with Gasteiger partial charge < -0.3 is 14.4 Å². The number of ether oxygens (including phenoxy) is 2. The van der Waals surface area contributed by atoms with E-state index in [0.29, 0.717) is 6.54 Å². The van der Waals surface area contributed by atoms with Crippen molar-refractivity contribution < 1.29 is 9.47 Å². The lowest BCUT2D eigenvalue weighted by molar-refractivity contribution is 0.201. The molecule has 1 saturated carbocycles. The first-order valence-electron chi connectivity index (χ1n) is 10.9. The smallest absolute Gasteiger partial charge is 0.185 e. The van der Waals surface area contributed by atoms with Gasteiger partial charge in [0.1, 0.15) is 0 Å². The summed E-state index contributed by atoms with van der Waals surface area (Å²) >= 11 is 0. The van der Waals surface area contributed by atoms with Crippen LogP contribution in [0.3, 0.4) is 0 Å². The summed E-state index contributed by atoms with van der Waals surface area (Å²) in [5.41, 5.74) is 4.46. The number of rotatable bonds is 8. The highest BCUT2D eigenvalue weighted by Crippen LogP contribution is 2.45. The molecule has 0 saturated heterocycles. The van der Waals surface area contributed by atoms with E-state index in [0.717, 1.165) is 47.7 Å². The minimum absolute atomic E-state index is 0.251. The van der Waals surface area contributed by atoms with E-state index in [1.807, 2.05) is 24.5 Å². The lowest BCUT2D eigenvalue weighted by atomic mass is 10.1.